The van der Waals surface area contributed by atoms with Crippen molar-refractivity contribution in [2.24, 2.45) is 0 Å². The second-order valence-corrected chi connectivity index (χ2v) is 20.2. The number of rotatable bonds is 14. The number of anilines is 2. The van der Waals surface area contributed by atoms with Crippen LogP contribution in [0.15, 0.2) is 170 Å². The Bertz CT molecular complexity index is 4410. The van der Waals surface area contributed by atoms with Gasteiger partial charge in [-0.15, -0.1) is 0 Å². The quantitative estimate of drug-likeness (QED) is 0.0676. The summed E-state index contributed by atoms with van der Waals surface area (Å²) >= 11 is 0. The van der Waals surface area contributed by atoms with Crippen molar-refractivity contribution in [1.82, 2.24) is 45.5 Å². The third kappa shape index (κ3) is 15.4. The molecule has 6 aromatic carbocycles. The standard InChI is InChI=1S/C23H15F5N2.C23H20F2N4.C21H17F2N5/c24-17-10-15(11-18(25)13-17)9-14-5-7-21-19(12-14)22(30-29-21)8-6-16-3-1-2-4-20(16)23(26,27)28;1-14-4-3-9-26-21(14)7-8-23-20-13-19(5-6-22(20)28-29-23)27-15(2)16-10-17(24)12-18(25)11-16;1-13(14-8-15(22)10-16(23)9-14)26-18-11-19-20(27-28-21(19)25-12-18)6-5-17-4-2-3-7-24-17/h1-8,10-13H,9H2,(H,29,30);3-13,15,27H,1-2H3,(H,28,29);2-13,26H,1H3,(H,25,27,28)/b8-6+;8-7+;6-5+/t;15-;13-/m.11/s1. The van der Waals surface area contributed by atoms with Gasteiger partial charge in [-0.2, -0.15) is 28.5 Å². The Morgan fingerprint density at radius 2 is 1.01 bits per heavy atom. The molecule has 5 N–H and O–H groups in total. The van der Waals surface area contributed by atoms with E-state index in [1.165, 1.54) is 66.7 Å². The molecule has 2 atom stereocenters. The van der Waals surface area contributed by atoms with Crippen LogP contribution in [0.5, 0.6) is 0 Å². The maximum atomic E-state index is 13.5. The van der Waals surface area contributed by atoms with Crippen LogP contribution >= 0.6 is 0 Å². The van der Waals surface area contributed by atoms with Gasteiger partial charge in [-0.25, -0.2) is 31.3 Å². The largest absolute Gasteiger partial charge is 0.416 e. The Hall–Kier alpha value is -10.6. The summed E-state index contributed by atoms with van der Waals surface area (Å²) in [5.74, 6) is -3.68. The van der Waals surface area contributed by atoms with Crippen LogP contribution in [0, 0.1) is 41.8 Å². The van der Waals surface area contributed by atoms with Crippen LogP contribution in [0.1, 0.15) is 93.3 Å². The number of H-pyrrole nitrogens is 3. The van der Waals surface area contributed by atoms with Crippen molar-refractivity contribution in [2.45, 2.75) is 45.5 Å². The highest BCUT2D eigenvalue weighted by Crippen LogP contribution is 2.34. The Labute approximate surface area is 492 Å². The molecule has 0 fully saturated rings. The summed E-state index contributed by atoms with van der Waals surface area (Å²) in [7, 11) is 0. The SMILES string of the molecule is C[C@@H](Nc1cnc2n[nH]c(/C=C/c3ccccn3)c2c1)c1cc(F)cc(F)c1.Cc1cccnc1/C=C/c1[nH]nc2ccc(N[C@H](C)c3cc(F)cc(F)c3)cc12.Fc1cc(F)cc(Cc2ccc3n[nH]c(/C=C/c4ccccc4C(F)(F)F)c3c2)c1. The van der Waals surface area contributed by atoms with Gasteiger partial charge in [0.15, 0.2) is 5.65 Å². The first-order valence-electron chi connectivity index (χ1n) is 27.1. The zero-order valence-electron chi connectivity index (χ0n) is 46.6. The molecule has 0 radical (unpaired) electrons. The highest BCUT2D eigenvalue weighted by molar-refractivity contribution is 5.92. The fourth-order valence-electron chi connectivity index (χ4n) is 9.50. The van der Waals surface area contributed by atoms with Gasteiger partial charge in [-0.05, 0) is 188 Å². The van der Waals surface area contributed by atoms with E-state index in [9.17, 15) is 39.5 Å². The number of aromatic nitrogens is 9. The van der Waals surface area contributed by atoms with Crippen molar-refractivity contribution in [2.75, 3.05) is 10.6 Å². The van der Waals surface area contributed by atoms with Crippen molar-refractivity contribution in [3.63, 3.8) is 0 Å². The van der Waals surface area contributed by atoms with Crippen LogP contribution in [-0.4, -0.2) is 45.5 Å². The van der Waals surface area contributed by atoms with Crippen molar-refractivity contribution in [1.29, 1.82) is 0 Å². The van der Waals surface area contributed by atoms with Crippen molar-refractivity contribution in [3.05, 3.63) is 273 Å². The summed E-state index contributed by atoms with van der Waals surface area (Å²) in [4.78, 5) is 13.0. The Morgan fingerprint density at radius 1 is 0.471 bits per heavy atom. The molecule has 0 amide bonds. The number of alkyl halides is 3. The van der Waals surface area contributed by atoms with Gasteiger partial charge in [0.05, 0.1) is 57.0 Å². The summed E-state index contributed by atoms with van der Waals surface area (Å²) in [6, 6.07) is 37.7. The number of fused-ring (bicyclic) bond motifs is 3. The van der Waals surface area contributed by atoms with Gasteiger partial charge in [-0.3, -0.25) is 25.3 Å². The lowest BCUT2D eigenvalue weighted by Gasteiger charge is -2.16. The Morgan fingerprint density at radius 3 is 1.64 bits per heavy atom. The molecule has 11 nitrogen and oxygen atoms in total. The van der Waals surface area contributed by atoms with Gasteiger partial charge in [-0.1, -0.05) is 42.5 Å². The molecular formula is C67H52F9N11. The fraction of sp³-hybridized carbons (Fsp3) is 0.104. The average molecular weight is 1180 g/mol. The van der Waals surface area contributed by atoms with Gasteiger partial charge < -0.3 is 10.6 Å². The summed E-state index contributed by atoms with van der Waals surface area (Å²) in [6.07, 6.45) is 11.5. The molecule has 0 bridgehead atoms. The molecule has 0 saturated carbocycles. The highest BCUT2D eigenvalue weighted by Gasteiger charge is 2.32. The zero-order chi connectivity index (χ0) is 61.2. The predicted molar refractivity (Wildman–Crippen MR) is 323 cm³/mol. The molecule has 0 saturated heterocycles. The first-order chi connectivity index (χ1) is 41.9. The lowest BCUT2D eigenvalue weighted by molar-refractivity contribution is -0.137. The molecule has 0 spiro atoms. The molecule has 0 aliphatic rings. The van der Waals surface area contributed by atoms with Gasteiger partial charge in [0.2, 0.25) is 0 Å². The molecule has 6 heterocycles. The molecule has 12 rings (SSSR count). The third-order valence-corrected chi connectivity index (χ3v) is 13.8. The second-order valence-electron chi connectivity index (χ2n) is 20.2. The number of halogens is 9. The smallest absolute Gasteiger partial charge is 0.378 e. The van der Waals surface area contributed by atoms with E-state index in [0.29, 0.717) is 45.4 Å². The highest BCUT2D eigenvalue weighted by atomic mass is 19.4. The normalized spacial score (nSPS) is 12.4. The minimum atomic E-state index is -4.45. The lowest BCUT2D eigenvalue weighted by atomic mass is 10.0. The third-order valence-electron chi connectivity index (χ3n) is 13.8. The Kier molecular flexibility index (Phi) is 18.1. The predicted octanol–water partition coefficient (Wildman–Crippen LogP) is 17.5. The van der Waals surface area contributed by atoms with E-state index in [2.05, 4.69) is 56.2 Å². The molecule has 20 heteroatoms. The van der Waals surface area contributed by atoms with Crippen LogP contribution in [0.4, 0.5) is 50.9 Å². The molecule has 0 unspecified atom stereocenters. The first kappa shape index (κ1) is 59.5. The monoisotopic (exact) mass is 1180 g/mol. The average Bonchev–Trinajstić information content (AvgIpc) is 2.27. The van der Waals surface area contributed by atoms with Crippen molar-refractivity contribution in [3.8, 4) is 0 Å². The summed E-state index contributed by atoms with van der Waals surface area (Å²) in [5, 5.41) is 30.5. The number of aromatic amines is 3. The number of aryl methyl sites for hydroxylation is 1. The maximum absolute atomic E-state index is 13.5. The molecule has 0 aliphatic carbocycles. The Balaban J connectivity index is 0.000000145. The van der Waals surface area contributed by atoms with Crippen LogP contribution in [0.25, 0.3) is 69.3 Å². The van der Waals surface area contributed by atoms with E-state index in [4.69, 9.17) is 0 Å². The minimum Gasteiger partial charge on any atom is -0.378 e. The molecule has 12 aromatic rings. The number of nitrogens with zero attached hydrogens (tertiary/aromatic N) is 6. The van der Waals surface area contributed by atoms with Gasteiger partial charge in [0.1, 0.15) is 34.9 Å². The molecule has 0 aliphatic heterocycles. The summed E-state index contributed by atoms with van der Waals surface area (Å²) < 4.78 is 120. The van der Waals surface area contributed by atoms with Crippen LogP contribution in [0.2, 0.25) is 0 Å². The van der Waals surface area contributed by atoms with E-state index in [-0.39, 0.29) is 17.6 Å². The van der Waals surface area contributed by atoms with Crippen LogP contribution < -0.4 is 10.6 Å². The number of nitrogens with one attached hydrogen (secondary N) is 5. The number of pyridine rings is 3. The number of hydrogen-bond donors (Lipinski definition) is 5. The minimum absolute atomic E-state index is 0.0409. The van der Waals surface area contributed by atoms with Crippen molar-refractivity contribution >= 4 is 80.7 Å². The lowest BCUT2D eigenvalue weighted by Crippen LogP contribution is -2.07. The first-order valence-corrected chi connectivity index (χ1v) is 27.1. The van der Waals surface area contributed by atoms with Crippen LogP contribution in [-0.2, 0) is 12.6 Å². The topological polar surface area (TPSA) is 149 Å². The second kappa shape index (κ2) is 26.5. The fourth-order valence-corrected chi connectivity index (χ4v) is 9.50. The number of hydrogen-bond acceptors (Lipinski definition) is 8. The van der Waals surface area contributed by atoms with E-state index in [1.807, 2.05) is 99.7 Å². The molecular weight excluding hydrogens is 1130 g/mol. The van der Waals surface area contributed by atoms with Gasteiger partial charge >= 0.3 is 6.18 Å². The molecule has 6 aromatic heterocycles. The van der Waals surface area contributed by atoms with E-state index in [1.54, 1.807) is 36.8 Å². The zero-order valence-corrected chi connectivity index (χ0v) is 46.6. The molecule has 438 valence electrons. The van der Waals surface area contributed by atoms with E-state index in [0.717, 1.165) is 85.8 Å². The van der Waals surface area contributed by atoms with Crippen LogP contribution in [0.3, 0.4) is 0 Å². The number of benzene rings is 6. The van der Waals surface area contributed by atoms with Crippen molar-refractivity contribution < 1.29 is 39.5 Å². The van der Waals surface area contributed by atoms with E-state index >= 15 is 0 Å². The summed E-state index contributed by atoms with van der Waals surface area (Å²) in [5.41, 5.74) is 10.2. The maximum Gasteiger partial charge on any atom is 0.416 e. The van der Waals surface area contributed by atoms with E-state index < -0.39 is 46.6 Å². The van der Waals surface area contributed by atoms with Gasteiger partial charge in [0, 0.05) is 64.5 Å². The molecule has 87 heavy (non-hydrogen) atoms. The summed E-state index contributed by atoms with van der Waals surface area (Å²) in [6.45, 7) is 5.70. The van der Waals surface area contributed by atoms with Gasteiger partial charge in [0.25, 0.3) is 0 Å².